The first-order chi connectivity index (χ1) is 9.69. The number of rotatable bonds is 5. The Kier molecular flexibility index (Phi) is 4.60. The third-order valence-electron chi connectivity index (χ3n) is 2.91. The van der Waals surface area contributed by atoms with Crippen LogP contribution in [-0.4, -0.2) is 19.6 Å². The average molecular weight is 270 g/mol. The van der Waals surface area contributed by atoms with Gasteiger partial charge in [-0.25, -0.2) is 0 Å². The van der Waals surface area contributed by atoms with Crippen molar-refractivity contribution in [3.8, 4) is 5.75 Å². The summed E-state index contributed by atoms with van der Waals surface area (Å²) in [4.78, 5) is 11.8. The van der Waals surface area contributed by atoms with Crippen LogP contribution in [0.15, 0.2) is 48.5 Å². The normalized spacial score (nSPS) is 9.90. The van der Waals surface area contributed by atoms with Gasteiger partial charge in [0.05, 0.1) is 13.7 Å². The number of aryl methyl sites for hydroxylation is 1. The second-order valence-corrected chi connectivity index (χ2v) is 4.45. The Morgan fingerprint density at radius 3 is 2.50 bits per heavy atom. The predicted molar refractivity (Wildman–Crippen MR) is 81.3 cm³/mol. The number of carbonyl (C=O) groups is 1. The number of benzene rings is 2. The van der Waals surface area contributed by atoms with Crippen molar-refractivity contribution in [2.24, 2.45) is 0 Å². The fourth-order valence-corrected chi connectivity index (χ4v) is 1.90. The molecule has 104 valence electrons. The lowest BCUT2D eigenvalue weighted by Crippen LogP contribution is -2.21. The molecule has 4 nitrogen and oxygen atoms in total. The summed E-state index contributed by atoms with van der Waals surface area (Å²) in [6, 6.07) is 15.2. The molecular formula is C16H18N2O2. The van der Waals surface area contributed by atoms with Crippen LogP contribution in [0, 0.1) is 6.92 Å². The van der Waals surface area contributed by atoms with Crippen LogP contribution < -0.4 is 15.4 Å². The third-order valence-corrected chi connectivity index (χ3v) is 2.91. The van der Waals surface area contributed by atoms with Crippen molar-refractivity contribution in [3.05, 3.63) is 54.1 Å². The summed E-state index contributed by atoms with van der Waals surface area (Å²) >= 11 is 0. The van der Waals surface area contributed by atoms with E-state index in [-0.39, 0.29) is 12.5 Å². The summed E-state index contributed by atoms with van der Waals surface area (Å²) in [5.41, 5.74) is 2.68. The number of anilines is 2. The fraction of sp³-hybridized carbons (Fsp3) is 0.188. The molecule has 2 N–H and O–H groups in total. The Bertz CT molecular complexity index is 582. The smallest absolute Gasteiger partial charge is 0.243 e. The first kappa shape index (κ1) is 13.9. The molecule has 0 atom stereocenters. The average Bonchev–Trinajstić information content (AvgIpc) is 2.46. The molecule has 0 aliphatic rings. The quantitative estimate of drug-likeness (QED) is 0.878. The topological polar surface area (TPSA) is 50.4 Å². The fourth-order valence-electron chi connectivity index (χ4n) is 1.90. The highest BCUT2D eigenvalue weighted by Crippen LogP contribution is 2.21. The van der Waals surface area contributed by atoms with Crippen molar-refractivity contribution < 1.29 is 9.53 Å². The molecule has 0 heterocycles. The van der Waals surface area contributed by atoms with Gasteiger partial charge in [0.15, 0.2) is 0 Å². The van der Waals surface area contributed by atoms with E-state index in [0.717, 1.165) is 22.7 Å². The highest BCUT2D eigenvalue weighted by molar-refractivity contribution is 5.93. The largest absolute Gasteiger partial charge is 0.496 e. The maximum Gasteiger partial charge on any atom is 0.243 e. The molecule has 0 aromatic heterocycles. The van der Waals surface area contributed by atoms with E-state index in [1.807, 2.05) is 55.5 Å². The number of nitrogens with one attached hydrogen (secondary N) is 2. The van der Waals surface area contributed by atoms with Crippen LogP contribution in [0.4, 0.5) is 11.4 Å². The van der Waals surface area contributed by atoms with Gasteiger partial charge in [-0.2, -0.15) is 0 Å². The van der Waals surface area contributed by atoms with Gasteiger partial charge in [-0.1, -0.05) is 18.2 Å². The summed E-state index contributed by atoms with van der Waals surface area (Å²) in [5.74, 6) is 0.726. The van der Waals surface area contributed by atoms with Crippen LogP contribution in [0.1, 0.15) is 5.56 Å². The highest BCUT2D eigenvalue weighted by Gasteiger charge is 2.04. The molecule has 0 fully saturated rings. The molecule has 2 rings (SSSR count). The van der Waals surface area contributed by atoms with E-state index >= 15 is 0 Å². The molecule has 0 aliphatic heterocycles. The van der Waals surface area contributed by atoms with Crippen LogP contribution in [-0.2, 0) is 4.79 Å². The van der Waals surface area contributed by atoms with Crippen LogP contribution in [0.2, 0.25) is 0 Å². The molecule has 0 unspecified atom stereocenters. The zero-order chi connectivity index (χ0) is 14.4. The summed E-state index contributed by atoms with van der Waals surface area (Å²) in [6.07, 6.45) is 0. The van der Waals surface area contributed by atoms with Gasteiger partial charge in [0, 0.05) is 11.4 Å². The number of hydrogen-bond acceptors (Lipinski definition) is 3. The number of amides is 1. The Labute approximate surface area is 118 Å². The van der Waals surface area contributed by atoms with Gasteiger partial charge in [-0.3, -0.25) is 4.79 Å². The van der Waals surface area contributed by atoms with E-state index in [4.69, 9.17) is 4.74 Å². The monoisotopic (exact) mass is 270 g/mol. The van der Waals surface area contributed by atoms with E-state index < -0.39 is 0 Å². The standard InChI is InChI=1S/C16H18N2O2/c1-12-10-14(8-9-15(12)20-2)18-16(19)11-17-13-6-4-3-5-7-13/h3-10,17H,11H2,1-2H3,(H,18,19). The molecule has 2 aromatic rings. The van der Waals surface area contributed by atoms with Gasteiger partial charge in [-0.15, -0.1) is 0 Å². The van der Waals surface area contributed by atoms with Crippen LogP contribution >= 0.6 is 0 Å². The number of para-hydroxylation sites is 1. The molecule has 2 aromatic carbocycles. The number of carbonyl (C=O) groups excluding carboxylic acids is 1. The second kappa shape index (κ2) is 6.61. The molecule has 20 heavy (non-hydrogen) atoms. The van der Waals surface area contributed by atoms with E-state index in [2.05, 4.69) is 10.6 Å². The summed E-state index contributed by atoms with van der Waals surface area (Å²) in [5, 5.41) is 5.91. The van der Waals surface area contributed by atoms with Crippen LogP contribution in [0.25, 0.3) is 0 Å². The molecule has 0 saturated heterocycles. The highest BCUT2D eigenvalue weighted by atomic mass is 16.5. The lowest BCUT2D eigenvalue weighted by molar-refractivity contribution is -0.114. The summed E-state index contributed by atoms with van der Waals surface area (Å²) in [6.45, 7) is 2.17. The van der Waals surface area contributed by atoms with E-state index in [0.29, 0.717) is 0 Å². The van der Waals surface area contributed by atoms with Gasteiger partial charge in [0.1, 0.15) is 5.75 Å². The van der Waals surface area contributed by atoms with Crippen molar-refractivity contribution in [3.63, 3.8) is 0 Å². The van der Waals surface area contributed by atoms with Crippen molar-refractivity contribution in [1.82, 2.24) is 0 Å². The van der Waals surface area contributed by atoms with E-state index in [9.17, 15) is 4.79 Å². The Balaban J connectivity index is 1.90. The van der Waals surface area contributed by atoms with Crippen molar-refractivity contribution in [2.75, 3.05) is 24.3 Å². The van der Waals surface area contributed by atoms with Crippen LogP contribution in [0.3, 0.4) is 0 Å². The Morgan fingerprint density at radius 1 is 1.10 bits per heavy atom. The Hall–Kier alpha value is -2.49. The molecule has 0 bridgehead atoms. The molecule has 1 amide bonds. The number of hydrogen-bond donors (Lipinski definition) is 2. The molecule has 4 heteroatoms. The van der Waals surface area contributed by atoms with Gasteiger partial charge in [0.25, 0.3) is 0 Å². The first-order valence-corrected chi connectivity index (χ1v) is 6.42. The first-order valence-electron chi connectivity index (χ1n) is 6.42. The lowest BCUT2D eigenvalue weighted by Gasteiger charge is -2.10. The summed E-state index contributed by atoms with van der Waals surface area (Å²) in [7, 11) is 1.63. The molecular weight excluding hydrogens is 252 g/mol. The molecule has 0 radical (unpaired) electrons. The zero-order valence-electron chi connectivity index (χ0n) is 11.6. The Morgan fingerprint density at radius 2 is 1.85 bits per heavy atom. The van der Waals surface area contributed by atoms with Gasteiger partial charge in [-0.05, 0) is 42.8 Å². The minimum Gasteiger partial charge on any atom is -0.496 e. The van der Waals surface area contributed by atoms with Crippen LogP contribution in [0.5, 0.6) is 5.75 Å². The van der Waals surface area contributed by atoms with Gasteiger partial charge in [0.2, 0.25) is 5.91 Å². The second-order valence-electron chi connectivity index (χ2n) is 4.45. The molecule has 0 saturated carbocycles. The zero-order valence-corrected chi connectivity index (χ0v) is 11.6. The van der Waals surface area contributed by atoms with Crippen molar-refractivity contribution in [2.45, 2.75) is 6.92 Å². The maximum absolute atomic E-state index is 11.8. The lowest BCUT2D eigenvalue weighted by atomic mass is 10.2. The van der Waals surface area contributed by atoms with Gasteiger partial charge >= 0.3 is 0 Å². The van der Waals surface area contributed by atoms with Gasteiger partial charge < -0.3 is 15.4 Å². The van der Waals surface area contributed by atoms with E-state index in [1.54, 1.807) is 7.11 Å². The van der Waals surface area contributed by atoms with Crippen molar-refractivity contribution in [1.29, 1.82) is 0 Å². The number of ether oxygens (including phenoxy) is 1. The maximum atomic E-state index is 11.8. The number of methoxy groups -OCH3 is 1. The van der Waals surface area contributed by atoms with E-state index in [1.165, 1.54) is 0 Å². The van der Waals surface area contributed by atoms with Crippen molar-refractivity contribution >= 4 is 17.3 Å². The third kappa shape index (κ3) is 3.75. The SMILES string of the molecule is COc1ccc(NC(=O)CNc2ccccc2)cc1C. The minimum atomic E-state index is -0.0848. The molecule has 0 aliphatic carbocycles. The minimum absolute atomic E-state index is 0.0848. The molecule has 0 spiro atoms. The predicted octanol–water partition coefficient (Wildman–Crippen LogP) is 3.05. The summed E-state index contributed by atoms with van der Waals surface area (Å²) < 4.78 is 5.19.